The van der Waals surface area contributed by atoms with Gasteiger partial charge >= 0.3 is 5.69 Å². The number of hydrogen-bond acceptors (Lipinski definition) is 6. The number of rotatable bonds is 7. The number of nitrogens with zero attached hydrogens (tertiary/aromatic N) is 2. The minimum absolute atomic E-state index is 0.148. The van der Waals surface area contributed by atoms with Crippen molar-refractivity contribution in [1.82, 2.24) is 0 Å². The van der Waals surface area contributed by atoms with Crippen LogP contribution in [0.4, 0.5) is 5.69 Å². The molecule has 0 bridgehead atoms. The zero-order valence-electron chi connectivity index (χ0n) is 11.5. The van der Waals surface area contributed by atoms with E-state index in [0.717, 1.165) is 0 Å². The van der Waals surface area contributed by atoms with Crippen molar-refractivity contribution in [1.29, 1.82) is 5.26 Å². The van der Waals surface area contributed by atoms with Gasteiger partial charge in [-0.2, -0.15) is 5.26 Å². The quantitative estimate of drug-likeness (QED) is 0.464. The van der Waals surface area contributed by atoms with Crippen LogP contribution in [-0.4, -0.2) is 24.2 Å². The molecule has 20 heavy (non-hydrogen) atoms. The Labute approximate surface area is 117 Å². The first-order valence-corrected chi connectivity index (χ1v) is 6.05. The Morgan fingerprint density at radius 1 is 1.55 bits per heavy atom. The Hall–Kier alpha value is -2.33. The molecule has 1 atom stereocenters. The van der Waals surface area contributed by atoms with Crippen LogP contribution in [0.15, 0.2) is 18.2 Å². The van der Waals surface area contributed by atoms with Gasteiger partial charge in [-0.1, -0.05) is 0 Å². The van der Waals surface area contributed by atoms with Crippen molar-refractivity contribution in [3.05, 3.63) is 28.3 Å². The maximum Gasteiger partial charge on any atom is 0.314 e. The van der Waals surface area contributed by atoms with Crippen molar-refractivity contribution in [2.24, 2.45) is 5.73 Å². The monoisotopic (exact) mass is 279 g/mol. The van der Waals surface area contributed by atoms with E-state index in [1.54, 1.807) is 13.0 Å². The number of hydrogen-bond donors (Lipinski definition) is 1. The van der Waals surface area contributed by atoms with Gasteiger partial charge in [0, 0.05) is 0 Å². The molecule has 0 saturated carbocycles. The number of nitro groups is 1. The average molecular weight is 279 g/mol. The minimum atomic E-state index is -0.880. The molecule has 1 aromatic carbocycles. The molecule has 0 aliphatic heterocycles. The highest BCUT2D eigenvalue weighted by Crippen LogP contribution is 2.30. The van der Waals surface area contributed by atoms with E-state index in [-0.39, 0.29) is 11.4 Å². The predicted octanol–water partition coefficient (Wildman–Crippen LogP) is 2.00. The van der Waals surface area contributed by atoms with Gasteiger partial charge < -0.3 is 15.2 Å². The van der Waals surface area contributed by atoms with E-state index in [2.05, 4.69) is 0 Å². The Balaban J connectivity index is 2.60. The van der Waals surface area contributed by atoms with Crippen molar-refractivity contribution in [3.63, 3.8) is 0 Å². The predicted molar refractivity (Wildman–Crippen MR) is 72.6 cm³/mol. The molecule has 0 saturated heterocycles. The van der Waals surface area contributed by atoms with Gasteiger partial charge in [0.05, 0.1) is 30.8 Å². The standard InChI is InChI=1S/C13H17N3O4/c1-13(15,9-14)6-3-7-20-10-4-5-12(19-2)11(8-10)16(17)18/h4-5,8H,3,6-7,15H2,1-2H3. The molecule has 0 heterocycles. The molecule has 1 rings (SSSR count). The van der Waals surface area contributed by atoms with Crippen LogP contribution >= 0.6 is 0 Å². The first-order chi connectivity index (χ1) is 9.39. The van der Waals surface area contributed by atoms with Gasteiger partial charge in [0.1, 0.15) is 11.3 Å². The molecule has 0 spiro atoms. The van der Waals surface area contributed by atoms with Crippen LogP contribution in [0.2, 0.25) is 0 Å². The van der Waals surface area contributed by atoms with Gasteiger partial charge in [-0.15, -0.1) is 0 Å². The molecule has 0 aliphatic carbocycles. The van der Waals surface area contributed by atoms with Gasteiger partial charge in [0.15, 0.2) is 5.75 Å². The molecule has 1 aromatic rings. The summed E-state index contributed by atoms with van der Waals surface area (Å²) in [5.41, 5.74) is 4.65. The van der Waals surface area contributed by atoms with Crippen molar-refractivity contribution in [2.45, 2.75) is 25.3 Å². The molecule has 108 valence electrons. The average Bonchev–Trinajstić information content (AvgIpc) is 2.43. The second-order valence-electron chi connectivity index (χ2n) is 4.57. The molecular weight excluding hydrogens is 262 g/mol. The van der Waals surface area contributed by atoms with Crippen molar-refractivity contribution >= 4 is 5.69 Å². The summed E-state index contributed by atoms with van der Waals surface area (Å²) in [7, 11) is 1.37. The number of nitriles is 1. The summed E-state index contributed by atoms with van der Waals surface area (Å²) >= 11 is 0. The van der Waals surface area contributed by atoms with Crippen molar-refractivity contribution in [3.8, 4) is 17.6 Å². The Kier molecular flexibility index (Phi) is 5.29. The van der Waals surface area contributed by atoms with Crippen molar-refractivity contribution in [2.75, 3.05) is 13.7 Å². The summed E-state index contributed by atoms with van der Waals surface area (Å²) < 4.78 is 10.3. The van der Waals surface area contributed by atoms with E-state index >= 15 is 0 Å². The zero-order chi connectivity index (χ0) is 15.2. The van der Waals surface area contributed by atoms with Crippen LogP contribution in [0.25, 0.3) is 0 Å². The third-order valence-electron chi connectivity index (χ3n) is 2.71. The van der Waals surface area contributed by atoms with E-state index < -0.39 is 10.5 Å². The first kappa shape index (κ1) is 15.7. The fourth-order valence-electron chi connectivity index (χ4n) is 1.59. The molecular formula is C13H17N3O4. The van der Waals surface area contributed by atoms with E-state index in [1.807, 2.05) is 6.07 Å². The van der Waals surface area contributed by atoms with Crippen LogP contribution in [0.1, 0.15) is 19.8 Å². The van der Waals surface area contributed by atoms with Gasteiger partial charge in [-0.25, -0.2) is 0 Å². The molecule has 0 amide bonds. The summed E-state index contributed by atoms with van der Waals surface area (Å²) in [4.78, 5) is 10.3. The van der Waals surface area contributed by atoms with Crippen LogP contribution in [0.3, 0.4) is 0 Å². The van der Waals surface area contributed by atoms with E-state index in [9.17, 15) is 10.1 Å². The third-order valence-corrected chi connectivity index (χ3v) is 2.71. The maximum atomic E-state index is 10.9. The Morgan fingerprint density at radius 2 is 2.25 bits per heavy atom. The number of ether oxygens (including phenoxy) is 2. The van der Waals surface area contributed by atoms with Crippen LogP contribution in [0, 0.1) is 21.4 Å². The number of methoxy groups -OCH3 is 1. The van der Waals surface area contributed by atoms with Gasteiger partial charge in [0.2, 0.25) is 0 Å². The van der Waals surface area contributed by atoms with Gasteiger partial charge in [-0.3, -0.25) is 10.1 Å². The van der Waals surface area contributed by atoms with E-state index in [1.165, 1.54) is 19.2 Å². The van der Waals surface area contributed by atoms with E-state index in [0.29, 0.717) is 25.2 Å². The normalized spacial score (nSPS) is 13.1. The SMILES string of the molecule is COc1ccc(OCCCC(C)(N)C#N)cc1[N+](=O)[O-]. The lowest BCUT2D eigenvalue weighted by Crippen LogP contribution is -2.34. The van der Waals surface area contributed by atoms with Crippen LogP contribution < -0.4 is 15.2 Å². The molecule has 0 radical (unpaired) electrons. The van der Waals surface area contributed by atoms with E-state index in [4.69, 9.17) is 20.5 Å². The summed E-state index contributed by atoms with van der Waals surface area (Å²) in [6.07, 6.45) is 1.07. The lowest BCUT2D eigenvalue weighted by molar-refractivity contribution is -0.385. The molecule has 0 aliphatic rings. The first-order valence-electron chi connectivity index (χ1n) is 6.05. The zero-order valence-corrected chi connectivity index (χ0v) is 11.5. The fraction of sp³-hybridized carbons (Fsp3) is 0.462. The topological polar surface area (TPSA) is 111 Å². The smallest absolute Gasteiger partial charge is 0.314 e. The maximum absolute atomic E-state index is 10.9. The summed E-state index contributed by atoms with van der Waals surface area (Å²) in [5, 5.41) is 19.6. The Morgan fingerprint density at radius 3 is 2.80 bits per heavy atom. The highest BCUT2D eigenvalue weighted by molar-refractivity contribution is 5.50. The van der Waals surface area contributed by atoms with Crippen LogP contribution in [0.5, 0.6) is 11.5 Å². The minimum Gasteiger partial charge on any atom is -0.493 e. The lowest BCUT2D eigenvalue weighted by atomic mass is 10.00. The summed E-state index contributed by atoms with van der Waals surface area (Å²) in [6.45, 7) is 1.98. The fourth-order valence-corrected chi connectivity index (χ4v) is 1.59. The van der Waals surface area contributed by atoms with Crippen LogP contribution in [-0.2, 0) is 0 Å². The number of nitro benzene ring substituents is 1. The molecule has 0 fully saturated rings. The van der Waals surface area contributed by atoms with Crippen molar-refractivity contribution < 1.29 is 14.4 Å². The van der Waals surface area contributed by atoms with Gasteiger partial charge in [-0.05, 0) is 31.9 Å². The molecule has 2 N–H and O–H groups in total. The molecule has 1 unspecified atom stereocenters. The largest absolute Gasteiger partial charge is 0.493 e. The molecule has 7 heteroatoms. The lowest BCUT2D eigenvalue weighted by Gasteiger charge is -2.15. The highest BCUT2D eigenvalue weighted by atomic mass is 16.6. The number of benzene rings is 1. The molecule has 0 aromatic heterocycles. The number of nitrogens with two attached hydrogens (primary N) is 1. The summed E-state index contributed by atoms with van der Waals surface area (Å²) in [6, 6.07) is 6.38. The second-order valence-corrected chi connectivity index (χ2v) is 4.57. The summed E-state index contributed by atoms with van der Waals surface area (Å²) in [5.74, 6) is 0.564. The van der Waals surface area contributed by atoms with Gasteiger partial charge in [0.25, 0.3) is 0 Å². The highest BCUT2D eigenvalue weighted by Gasteiger charge is 2.17. The Bertz CT molecular complexity index is 523. The molecule has 7 nitrogen and oxygen atoms in total. The second kappa shape index (κ2) is 6.73. The third kappa shape index (κ3) is 4.40.